The average Bonchev–Trinajstić information content (AvgIpc) is 3.02. The smallest absolute Gasteiger partial charge is 0.348 e. The summed E-state index contributed by atoms with van der Waals surface area (Å²) in [5.41, 5.74) is -0.481. The third-order valence-corrected chi connectivity index (χ3v) is 6.50. The molecule has 1 fully saturated rings. The lowest BCUT2D eigenvalue weighted by Gasteiger charge is -2.25. The Bertz CT molecular complexity index is 856. The maximum absolute atomic E-state index is 12.6. The summed E-state index contributed by atoms with van der Waals surface area (Å²) in [5.74, 6) is -0.461. The molecule has 1 aliphatic heterocycles. The fourth-order valence-corrected chi connectivity index (χ4v) is 4.61. The van der Waals surface area contributed by atoms with Gasteiger partial charge in [-0.05, 0) is 50.5 Å². The Morgan fingerprint density at radius 1 is 1.21 bits per heavy atom. The minimum Gasteiger partial charge on any atom is -0.348 e. The van der Waals surface area contributed by atoms with Gasteiger partial charge in [0.25, 0.3) is 5.91 Å². The number of benzene rings is 1. The van der Waals surface area contributed by atoms with Crippen molar-refractivity contribution in [1.82, 2.24) is 4.98 Å². The molecule has 0 radical (unpaired) electrons. The van der Waals surface area contributed by atoms with Crippen molar-refractivity contribution in [2.24, 2.45) is 0 Å². The van der Waals surface area contributed by atoms with Gasteiger partial charge >= 0.3 is 6.18 Å². The molecule has 0 bridgehead atoms. The molecule has 1 aromatic heterocycles. The van der Waals surface area contributed by atoms with E-state index in [1.165, 1.54) is 30.3 Å². The monoisotopic (exact) mass is 427 g/mol. The van der Waals surface area contributed by atoms with Crippen LogP contribution in [0.4, 0.5) is 24.0 Å². The van der Waals surface area contributed by atoms with Crippen LogP contribution in [-0.2, 0) is 11.0 Å². The molecule has 1 saturated heterocycles. The Morgan fingerprint density at radius 3 is 2.46 bits per heavy atom. The summed E-state index contributed by atoms with van der Waals surface area (Å²) in [6, 6.07) is 4.31. The number of alkyl halides is 3. The van der Waals surface area contributed by atoms with E-state index in [1.54, 1.807) is 11.3 Å². The number of halogens is 3. The highest BCUT2D eigenvalue weighted by Crippen LogP contribution is 2.36. The Kier molecular flexibility index (Phi) is 6.34. The normalized spacial score (nSPS) is 14.8. The Hall–Kier alpha value is -2.00. The van der Waals surface area contributed by atoms with Crippen molar-refractivity contribution < 1.29 is 18.0 Å². The molecule has 1 aromatic carbocycles. The van der Waals surface area contributed by atoms with Crippen molar-refractivity contribution in [3.63, 3.8) is 0 Å². The fourth-order valence-electron chi connectivity index (χ4n) is 2.79. The fraction of sp³-hybridized carbons (Fsp3) is 0.368. The van der Waals surface area contributed by atoms with Crippen LogP contribution in [-0.4, -0.2) is 24.0 Å². The van der Waals surface area contributed by atoms with Crippen LogP contribution < -0.4 is 10.2 Å². The summed E-state index contributed by atoms with van der Waals surface area (Å²) in [6.45, 7) is 7.73. The minimum atomic E-state index is -4.41. The molecule has 0 spiro atoms. The number of rotatable bonds is 5. The summed E-state index contributed by atoms with van der Waals surface area (Å²) < 4.78 is 37.8. The standard InChI is InChI=1S/C19H20F3N3OS2/c1-12(16(26)23-15-8-6-14(7-9-15)19(20,21)22)27-17-13(2)28-18(24-17)25-10-4-3-5-11-25/h6-9H,1,3-5,10-11H2,2H3,(H,23,26). The van der Waals surface area contributed by atoms with Crippen molar-refractivity contribution in [1.29, 1.82) is 0 Å². The first-order valence-corrected chi connectivity index (χ1v) is 10.4. The van der Waals surface area contributed by atoms with E-state index in [4.69, 9.17) is 0 Å². The van der Waals surface area contributed by atoms with E-state index >= 15 is 0 Å². The molecule has 3 rings (SSSR count). The third kappa shape index (κ3) is 5.08. The molecular formula is C19H20F3N3OS2. The van der Waals surface area contributed by atoms with Crippen LogP contribution >= 0.6 is 23.1 Å². The number of nitrogens with zero attached hydrogens (tertiary/aromatic N) is 2. The van der Waals surface area contributed by atoms with Crippen LogP contribution in [0.1, 0.15) is 29.7 Å². The molecule has 0 saturated carbocycles. The van der Waals surface area contributed by atoms with Gasteiger partial charge in [-0.25, -0.2) is 4.98 Å². The van der Waals surface area contributed by atoms with Gasteiger partial charge < -0.3 is 10.2 Å². The number of thiazole rings is 1. The molecule has 0 unspecified atom stereocenters. The largest absolute Gasteiger partial charge is 0.416 e. The lowest BCUT2D eigenvalue weighted by molar-refractivity contribution is -0.137. The molecule has 9 heteroatoms. The number of nitrogens with one attached hydrogen (secondary N) is 1. The summed E-state index contributed by atoms with van der Waals surface area (Å²) in [5, 5.41) is 4.26. The number of carbonyl (C=O) groups excluding carboxylic acids is 1. The van der Waals surface area contributed by atoms with Gasteiger partial charge in [0.1, 0.15) is 5.03 Å². The highest BCUT2D eigenvalue weighted by atomic mass is 32.2. The molecule has 1 N–H and O–H groups in total. The van der Waals surface area contributed by atoms with E-state index in [1.807, 2.05) is 6.92 Å². The number of hydrogen-bond acceptors (Lipinski definition) is 5. The Morgan fingerprint density at radius 2 is 1.86 bits per heavy atom. The number of thioether (sulfide) groups is 1. The number of anilines is 2. The quantitative estimate of drug-likeness (QED) is 0.491. The van der Waals surface area contributed by atoms with Crippen LogP contribution in [0.2, 0.25) is 0 Å². The Labute approximate surface area is 169 Å². The summed E-state index contributed by atoms with van der Waals surface area (Å²) in [7, 11) is 0. The van der Waals surface area contributed by atoms with E-state index in [0.29, 0.717) is 0 Å². The molecule has 2 aromatic rings. The average molecular weight is 428 g/mol. The molecule has 1 amide bonds. The molecule has 2 heterocycles. The van der Waals surface area contributed by atoms with Crippen molar-refractivity contribution in [3.8, 4) is 0 Å². The number of carbonyl (C=O) groups is 1. The number of aromatic nitrogens is 1. The topological polar surface area (TPSA) is 45.2 Å². The van der Waals surface area contributed by atoms with Gasteiger partial charge in [0, 0.05) is 23.7 Å². The van der Waals surface area contributed by atoms with Gasteiger partial charge in [0.15, 0.2) is 5.13 Å². The highest BCUT2D eigenvalue weighted by Gasteiger charge is 2.30. The second-order valence-corrected chi connectivity index (χ2v) is 8.73. The summed E-state index contributed by atoms with van der Waals surface area (Å²) in [6.07, 6.45) is -0.855. The van der Waals surface area contributed by atoms with Crippen molar-refractivity contribution >= 4 is 39.8 Å². The summed E-state index contributed by atoms with van der Waals surface area (Å²) in [4.78, 5) is 20.5. The number of piperidine rings is 1. The molecule has 0 aliphatic carbocycles. The first kappa shape index (κ1) is 20.7. The maximum Gasteiger partial charge on any atom is 0.416 e. The second-order valence-electron chi connectivity index (χ2n) is 6.46. The van der Waals surface area contributed by atoms with Crippen LogP contribution in [0.15, 0.2) is 40.8 Å². The van der Waals surface area contributed by atoms with Gasteiger partial charge in [-0.15, -0.1) is 11.3 Å². The van der Waals surface area contributed by atoms with E-state index in [9.17, 15) is 18.0 Å². The molecule has 0 atom stereocenters. The van der Waals surface area contributed by atoms with Gasteiger partial charge in [0.2, 0.25) is 0 Å². The third-order valence-electron chi connectivity index (χ3n) is 4.31. The van der Waals surface area contributed by atoms with Gasteiger partial charge in [-0.2, -0.15) is 13.2 Å². The number of aryl methyl sites for hydroxylation is 1. The minimum absolute atomic E-state index is 0.235. The van der Waals surface area contributed by atoms with Gasteiger partial charge in [-0.3, -0.25) is 4.79 Å². The van der Waals surface area contributed by atoms with Crippen LogP contribution in [0.25, 0.3) is 0 Å². The second kappa shape index (κ2) is 8.57. The maximum atomic E-state index is 12.6. The van der Waals surface area contributed by atoms with Crippen LogP contribution in [0.5, 0.6) is 0 Å². The van der Waals surface area contributed by atoms with Crippen molar-refractivity contribution in [2.75, 3.05) is 23.3 Å². The first-order chi connectivity index (χ1) is 13.2. The predicted molar refractivity (Wildman–Crippen MR) is 108 cm³/mol. The van der Waals surface area contributed by atoms with Crippen LogP contribution in [0, 0.1) is 6.92 Å². The summed E-state index contributed by atoms with van der Waals surface area (Å²) >= 11 is 2.77. The van der Waals surface area contributed by atoms with Gasteiger partial charge in [0.05, 0.1) is 10.5 Å². The van der Waals surface area contributed by atoms with E-state index in [2.05, 4.69) is 21.8 Å². The zero-order chi connectivity index (χ0) is 20.3. The molecule has 28 heavy (non-hydrogen) atoms. The predicted octanol–water partition coefficient (Wildman–Crippen LogP) is 5.71. The van der Waals surface area contributed by atoms with Crippen molar-refractivity contribution in [3.05, 3.63) is 46.2 Å². The van der Waals surface area contributed by atoms with Gasteiger partial charge in [-0.1, -0.05) is 18.3 Å². The molecule has 150 valence electrons. The zero-order valence-corrected chi connectivity index (χ0v) is 16.9. The van der Waals surface area contributed by atoms with E-state index < -0.39 is 17.6 Å². The van der Waals surface area contributed by atoms with Crippen molar-refractivity contribution in [2.45, 2.75) is 37.4 Å². The number of hydrogen-bond donors (Lipinski definition) is 1. The highest BCUT2D eigenvalue weighted by molar-refractivity contribution is 8.04. The van der Waals surface area contributed by atoms with Crippen LogP contribution in [0.3, 0.4) is 0 Å². The molecule has 1 aliphatic rings. The Balaban J connectivity index is 1.61. The molecule has 4 nitrogen and oxygen atoms in total. The number of amides is 1. The first-order valence-electron chi connectivity index (χ1n) is 8.82. The molecular weight excluding hydrogens is 407 g/mol. The lowest BCUT2D eigenvalue weighted by atomic mass is 10.1. The SMILES string of the molecule is C=C(Sc1nc(N2CCCCC2)sc1C)C(=O)Nc1ccc(C(F)(F)F)cc1. The van der Waals surface area contributed by atoms with E-state index in [-0.39, 0.29) is 10.6 Å². The zero-order valence-electron chi connectivity index (χ0n) is 15.3. The lowest BCUT2D eigenvalue weighted by Crippen LogP contribution is -2.29. The van der Waals surface area contributed by atoms with E-state index in [0.717, 1.165) is 53.1 Å².